The molecule has 0 radical (unpaired) electrons. The second-order valence-corrected chi connectivity index (χ2v) is 10.2. The molecule has 0 unspecified atom stereocenters. The average Bonchev–Trinajstić information content (AvgIpc) is 2.89. The van der Waals surface area contributed by atoms with Crippen LogP contribution < -0.4 is 10.6 Å². The molecule has 2 atom stereocenters. The minimum atomic E-state index is -3.60. The minimum absolute atomic E-state index is 0.0185. The molecule has 29 heavy (non-hydrogen) atoms. The normalized spacial score (nSPS) is 24.7. The molecule has 158 valence electrons. The summed E-state index contributed by atoms with van der Waals surface area (Å²) >= 11 is 5.95. The molecule has 1 aliphatic carbocycles. The highest BCUT2D eigenvalue weighted by Crippen LogP contribution is 2.38. The average molecular weight is 442 g/mol. The summed E-state index contributed by atoms with van der Waals surface area (Å²) < 4.78 is 24.6. The summed E-state index contributed by atoms with van der Waals surface area (Å²) in [4.78, 5) is 38.8. The van der Waals surface area contributed by atoms with Crippen molar-refractivity contribution >= 4 is 45.0 Å². The van der Waals surface area contributed by atoms with Crippen LogP contribution in [0.1, 0.15) is 39.5 Å². The lowest BCUT2D eigenvalue weighted by molar-refractivity contribution is -0.136. The smallest absolute Gasteiger partial charge is 0.323 e. The largest absolute Gasteiger partial charge is 0.325 e. The van der Waals surface area contributed by atoms with Gasteiger partial charge in [0.2, 0.25) is 5.91 Å². The molecule has 0 aromatic heterocycles. The molecular formula is C19H24ClN3O5S. The number of imide groups is 1. The summed E-state index contributed by atoms with van der Waals surface area (Å²) in [5.41, 5.74) is -0.931. The number of urea groups is 1. The second kappa shape index (κ2) is 7.95. The van der Waals surface area contributed by atoms with Gasteiger partial charge in [0.15, 0.2) is 9.84 Å². The van der Waals surface area contributed by atoms with Crippen molar-refractivity contribution in [3.63, 3.8) is 0 Å². The molecule has 1 spiro atoms. The second-order valence-electron chi connectivity index (χ2n) is 7.53. The fourth-order valence-corrected chi connectivity index (χ4v) is 5.20. The SMILES string of the molecule is CCS(=O)(=O)c1ccc(Cl)cc1NC(=O)CN1C(=O)N[C@]2(CCCC[C@@H]2C)C1=O. The van der Waals surface area contributed by atoms with Crippen molar-refractivity contribution in [1.29, 1.82) is 0 Å². The van der Waals surface area contributed by atoms with E-state index in [-0.39, 0.29) is 27.3 Å². The first-order valence-electron chi connectivity index (χ1n) is 9.57. The number of rotatable bonds is 5. The molecular weight excluding hydrogens is 418 g/mol. The number of hydrogen-bond donors (Lipinski definition) is 2. The predicted octanol–water partition coefficient (Wildman–Crippen LogP) is 2.57. The van der Waals surface area contributed by atoms with Gasteiger partial charge in [0.1, 0.15) is 12.1 Å². The summed E-state index contributed by atoms with van der Waals surface area (Å²) in [5, 5.41) is 5.52. The van der Waals surface area contributed by atoms with E-state index in [0.29, 0.717) is 6.42 Å². The van der Waals surface area contributed by atoms with E-state index in [1.165, 1.54) is 25.1 Å². The van der Waals surface area contributed by atoms with Crippen molar-refractivity contribution in [3.05, 3.63) is 23.2 Å². The van der Waals surface area contributed by atoms with E-state index in [2.05, 4.69) is 10.6 Å². The minimum Gasteiger partial charge on any atom is -0.323 e. The monoisotopic (exact) mass is 441 g/mol. The topological polar surface area (TPSA) is 113 Å². The van der Waals surface area contributed by atoms with Gasteiger partial charge in [-0.3, -0.25) is 14.5 Å². The van der Waals surface area contributed by atoms with E-state index in [1.807, 2.05) is 6.92 Å². The van der Waals surface area contributed by atoms with Crippen LogP contribution >= 0.6 is 11.6 Å². The van der Waals surface area contributed by atoms with Crippen LogP contribution in [0, 0.1) is 5.92 Å². The zero-order valence-electron chi connectivity index (χ0n) is 16.3. The van der Waals surface area contributed by atoms with Gasteiger partial charge in [0, 0.05) is 5.02 Å². The molecule has 10 heteroatoms. The van der Waals surface area contributed by atoms with Gasteiger partial charge in [-0.2, -0.15) is 0 Å². The molecule has 2 fully saturated rings. The molecule has 2 aliphatic rings. The molecule has 8 nitrogen and oxygen atoms in total. The number of carbonyl (C=O) groups excluding carboxylic acids is 3. The van der Waals surface area contributed by atoms with Crippen molar-refractivity contribution in [2.45, 2.75) is 50.0 Å². The zero-order chi connectivity index (χ0) is 21.4. The van der Waals surface area contributed by atoms with Crippen molar-refractivity contribution in [3.8, 4) is 0 Å². The van der Waals surface area contributed by atoms with Crippen LogP contribution in [0.25, 0.3) is 0 Å². The highest BCUT2D eigenvalue weighted by molar-refractivity contribution is 7.91. The van der Waals surface area contributed by atoms with Crippen LogP contribution in [0.5, 0.6) is 0 Å². The zero-order valence-corrected chi connectivity index (χ0v) is 17.9. The van der Waals surface area contributed by atoms with Crippen LogP contribution in [-0.4, -0.2) is 49.0 Å². The number of amides is 4. The Bertz CT molecular complexity index is 965. The van der Waals surface area contributed by atoms with Crippen LogP contribution in [0.4, 0.5) is 10.5 Å². The summed E-state index contributed by atoms with van der Waals surface area (Å²) in [6, 6.07) is 3.47. The third kappa shape index (κ3) is 3.98. The Hall–Kier alpha value is -2.13. The molecule has 0 bridgehead atoms. The van der Waals surface area contributed by atoms with Gasteiger partial charge in [-0.05, 0) is 37.0 Å². The number of nitrogens with one attached hydrogen (secondary N) is 2. The van der Waals surface area contributed by atoms with Crippen molar-refractivity contribution in [2.75, 3.05) is 17.6 Å². The van der Waals surface area contributed by atoms with E-state index in [1.54, 1.807) is 0 Å². The quantitative estimate of drug-likeness (QED) is 0.682. The summed E-state index contributed by atoms with van der Waals surface area (Å²) in [6.07, 6.45) is 3.20. The van der Waals surface area contributed by atoms with Gasteiger partial charge < -0.3 is 10.6 Å². The van der Waals surface area contributed by atoms with Gasteiger partial charge >= 0.3 is 6.03 Å². The Morgan fingerprint density at radius 3 is 2.72 bits per heavy atom. The van der Waals surface area contributed by atoms with Gasteiger partial charge in [-0.25, -0.2) is 13.2 Å². The molecule has 1 aromatic carbocycles. The molecule has 1 saturated heterocycles. The van der Waals surface area contributed by atoms with E-state index >= 15 is 0 Å². The highest BCUT2D eigenvalue weighted by Gasteiger charge is 2.55. The number of nitrogens with zero attached hydrogens (tertiary/aromatic N) is 1. The summed E-state index contributed by atoms with van der Waals surface area (Å²) in [5.74, 6) is -1.25. The molecule has 1 saturated carbocycles. The number of halogens is 1. The van der Waals surface area contributed by atoms with Crippen LogP contribution in [0.2, 0.25) is 5.02 Å². The highest BCUT2D eigenvalue weighted by atomic mass is 35.5. The first-order chi connectivity index (χ1) is 13.6. The van der Waals surface area contributed by atoms with Gasteiger partial charge in [0.25, 0.3) is 5.91 Å². The van der Waals surface area contributed by atoms with Gasteiger partial charge in [0.05, 0.1) is 16.3 Å². The number of anilines is 1. The number of benzene rings is 1. The number of sulfone groups is 1. The van der Waals surface area contributed by atoms with E-state index in [0.717, 1.165) is 24.2 Å². The maximum absolute atomic E-state index is 13.0. The standard InChI is InChI=1S/C19H24ClN3O5S/c1-3-29(27,28)15-8-7-13(20)10-14(15)21-16(24)11-23-17(25)19(22-18(23)26)9-5-4-6-12(19)2/h7-8,10,12H,3-6,9,11H2,1-2H3,(H,21,24)(H,22,26)/t12-,19-/m0/s1. The Morgan fingerprint density at radius 1 is 1.34 bits per heavy atom. The first kappa shape index (κ1) is 21.6. The predicted molar refractivity (Wildman–Crippen MR) is 108 cm³/mol. The lowest BCUT2D eigenvalue weighted by Crippen LogP contribution is -2.54. The molecule has 1 aliphatic heterocycles. The number of hydrogen-bond acceptors (Lipinski definition) is 5. The van der Waals surface area contributed by atoms with Crippen LogP contribution in [0.3, 0.4) is 0 Å². The first-order valence-corrected chi connectivity index (χ1v) is 11.6. The molecule has 3 rings (SSSR count). The van der Waals surface area contributed by atoms with Crippen LogP contribution in [0.15, 0.2) is 23.1 Å². The lowest BCUT2D eigenvalue weighted by atomic mass is 9.73. The molecule has 1 aromatic rings. The molecule has 4 amide bonds. The van der Waals surface area contributed by atoms with Gasteiger partial charge in [-0.15, -0.1) is 0 Å². The lowest BCUT2D eigenvalue weighted by Gasteiger charge is -2.36. The maximum atomic E-state index is 13.0. The fourth-order valence-electron chi connectivity index (χ4n) is 4.00. The molecule has 1 heterocycles. The molecule has 2 N–H and O–H groups in total. The Labute approximate surface area is 174 Å². The van der Waals surface area contributed by atoms with Crippen molar-refractivity contribution < 1.29 is 22.8 Å². The Kier molecular flexibility index (Phi) is 5.91. The van der Waals surface area contributed by atoms with Crippen LogP contribution in [-0.2, 0) is 19.4 Å². The van der Waals surface area contributed by atoms with E-state index < -0.39 is 39.8 Å². The summed E-state index contributed by atoms with van der Waals surface area (Å²) in [7, 11) is -3.60. The number of carbonyl (C=O) groups is 3. The fraction of sp³-hybridized carbons (Fsp3) is 0.526. The van der Waals surface area contributed by atoms with Crippen molar-refractivity contribution in [2.24, 2.45) is 5.92 Å². The maximum Gasteiger partial charge on any atom is 0.325 e. The van der Waals surface area contributed by atoms with E-state index in [4.69, 9.17) is 11.6 Å². The summed E-state index contributed by atoms with van der Waals surface area (Å²) in [6.45, 7) is 2.92. The Morgan fingerprint density at radius 2 is 2.07 bits per heavy atom. The van der Waals surface area contributed by atoms with E-state index in [9.17, 15) is 22.8 Å². The Balaban J connectivity index is 1.79. The van der Waals surface area contributed by atoms with Crippen molar-refractivity contribution in [1.82, 2.24) is 10.2 Å². The third-order valence-electron chi connectivity index (χ3n) is 5.73. The third-order valence-corrected chi connectivity index (χ3v) is 7.76. The van der Waals surface area contributed by atoms with Gasteiger partial charge in [-0.1, -0.05) is 38.3 Å².